The minimum absolute atomic E-state index is 0.123. The number of hydrogen-bond acceptors (Lipinski definition) is 4. The molecule has 130 valence electrons. The molecule has 1 fully saturated rings. The molecule has 1 heterocycles. The Morgan fingerprint density at radius 3 is 2.60 bits per heavy atom. The Hall–Kier alpha value is -2.70. The van der Waals surface area contributed by atoms with Crippen LogP contribution in [-0.4, -0.2) is 46.6 Å². The Morgan fingerprint density at radius 1 is 1.12 bits per heavy atom. The van der Waals surface area contributed by atoms with Gasteiger partial charge in [0, 0.05) is 18.8 Å². The molecule has 2 aromatic carbocycles. The summed E-state index contributed by atoms with van der Waals surface area (Å²) < 4.78 is 0. The molecule has 3 rings (SSSR count). The number of β-amino-alcohol motifs (C(OH)–C–C–N with tert-alkyl or cyclic N) is 1. The first-order chi connectivity index (χ1) is 12.0. The molecule has 0 radical (unpaired) electrons. The van der Waals surface area contributed by atoms with Gasteiger partial charge in [0.2, 0.25) is 5.91 Å². The lowest BCUT2D eigenvalue weighted by Crippen LogP contribution is -2.35. The average Bonchev–Trinajstić information content (AvgIpc) is 2.98. The van der Waals surface area contributed by atoms with Crippen molar-refractivity contribution in [2.24, 2.45) is 0 Å². The van der Waals surface area contributed by atoms with E-state index in [1.807, 2.05) is 35.2 Å². The maximum Gasteiger partial charge on any atom is 0.335 e. The van der Waals surface area contributed by atoms with Crippen LogP contribution in [0, 0.1) is 0 Å². The molecule has 0 aromatic heterocycles. The smallest absolute Gasteiger partial charge is 0.335 e. The lowest BCUT2D eigenvalue weighted by atomic mass is 9.93. The molecular weight excluding hydrogens is 320 g/mol. The molecule has 1 aliphatic heterocycles. The fraction of sp³-hybridized carbons (Fsp3) is 0.263. The number of amides is 1. The topological polar surface area (TPSA) is 89.9 Å². The predicted molar refractivity (Wildman–Crippen MR) is 93.4 cm³/mol. The monoisotopic (exact) mass is 340 g/mol. The van der Waals surface area contributed by atoms with E-state index in [0.29, 0.717) is 25.2 Å². The van der Waals surface area contributed by atoms with E-state index >= 15 is 0 Å². The number of aliphatic hydroxyl groups is 1. The van der Waals surface area contributed by atoms with Crippen molar-refractivity contribution in [1.29, 1.82) is 0 Å². The van der Waals surface area contributed by atoms with Crippen LogP contribution >= 0.6 is 0 Å². The van der Waals surface area contributed by atoms with E-state index in [4.69, 9.17) is 5.11 Å². The van der Waals surface area contributed by atoms with Gasteiger partial charge >= 0.3 is 5.97 Å². The van der Waals surface area contributed by atoms with Crippen LogP contribution in [0.25, 0.3) is 0 Å². The zero-order valence-electron chi connectivity index (χ0n) is 13.7. The molecule has 0 spiro atoms. The molecule has 1 amide bonds. The summed E-state index contributed by atoms with van der Waals surface area (Å²) in [5.41, 5.74) is 0.483. The Labute approximate surface area is 145 Å². The minimum Gasteiger partial charge on any atom is -0.478 e. The number of likely N-dealkylation sites (tertiary alicyclic amines) is 1. The Kier molecular flexibility index (Phi) is 4.83. The van der Waals surface area contributed by atoms with Gasteiger partial charge in [-0.05, 0) is 30.2 Å². The van der Waals surface area contributed by atoms with Gasteiger partial charge in [-0.25, -0.2) is 4.79 Å². The van der Waals surface area contributed by atoms with E-state index in [1.54, 1.807) is 12.1 Å². The second-order valence-electron chi connectivity index (χ2n) is 6.29. The van der Waals surface area contributed by atoms with E-state index in [1.165, 1.54) is 12.1 Å². The van der Waals surface area contributed by atoms with E-state index in [2.05, 4.69) is 5.32 Å². The van der Waals surface area contributed by atoms with Gasteiger partial charge in [0.25, 0.3) is 0 Å². The summed E-state index contributed by atoms with van der Waals surface area (Å²) in [4.78, 5) is 25.1. The van der Waals surface area contributed by atoms with Gasteiger partial charge in [-0.2, -0.15) is 0 Å². The van der Waals surface area contributed by atoms with Crippen LogP contribution in [0.1, 0.15) is 22.3 Å². The third-order valence-corrected chi connectivity index (χ3v) is 4.40. The molecule has 1 atom stereocenters. The standard InChI is InChI=1S/C19H20N2O4/c22-17(20-16-8-4-5-14(11-16)18(23)24)12-21-10-9-19(25,13-21)15-6-2-1-3-7-15/h1-8,11,25H,9-10,12-13H2,(H,20,22)(H,23,24). The fourth-order valence-electron chi connectivity index (χ4n) is 3.12. The highest BCUT2D eigenvalue weighted by molar-refractivity contribution is 5.94. The van der Waals surface area contributed by atoms with Crippen molar-refractivity contribution < 1.29 is 19.8 Å². The molecule has 6 heteroatoms. The fourth-order valence-corrected chi connectivity index (χ4v) is 3.12. The highest BCUT2D eigenvalue weighted by atomic mass is 16.4. The quantitative estimate of drug-likeness (QED) is 0.774. The van der Waals surface area contributed by atoms with E-state index in [9.17, 15) is 14.7 Å². The van der Waals surface area contributed by atoms with Crippen LogP contribution in [0.15, 0.2) is 54.6 Å². The number of nitrogens with one attached hydrogen (secondary N) is 1. The predicted octanol–water partition coefficient (Wildman–Crippen LogP) is 1.92. The number of aromatic carboxylic acids is 1. The van der Waals surface area contributed by atoms with Crippen LogP contribution in [0.2, 0.25) is 0 Å². The second kappa shape index (κ2) is 7.04. The van der Waals surface area contributed by atoms with E-state index in [-0.39, 0.29) is 18.0 Å². The average molecular weight is 340 g/mol. The molecular formula is C19H20N2O4. The molecule has 1 unspecified atom stereocenters. The third kappa shape index (κ3) is 4.04. The summed E-state index contributed by atoms with van der Waals surface area (Å²) >= 11 is 0. The summed E-state index contributed by atoms with van der Waals surface area (Å²) in [5.74, 6) is -1.27. The number of nitrogens with zero attached hydrogens (tertiary/aromatic N) is 1. The lowest BCUT2D eigenvalue weighted by Gasteiger charge is -2.23. The number of hydrogen-bond donors (Lipinski definition) is 3. The first kappa shape index (κ1) is 17.1. The van der Waals surface area contributed by atoms with Crippen molar-refractivity contribution in [2.45, 2.75) is 12.0 Å². The minimum atomic E-state index is -1.04. The summed E-state index contributed by atoms with van der Waals surface area (Å²) in [6.07, 6.45) is 0.568. The number of anilines is 1. The zero-order valence-corrected chi connectivity index (χ0v) is 13.7. The van der Waals surface area contributed by atoms with Crippen molar-refractivity contribution in [2.75, 3.05) is 25.0 Å². The number of carboxylic acids is 1. The van der Waals surface area contributed by atoms with E-state index in [0.717, 1.165) is 5.56 Å². The van der Waals surface area contributed by atoms with Crippen LogP contribution in [-0.2, 0) is 10.4 Å². The van der Waals surface area contributed by atoms with Crippen molar-refractivity contribution in [1.82, 2.24) is 4.90 Å². The first-order valence-corrected chi connectivity index (χ1v) is 8.10. The van der Waals surface area contributed by atoms with Gasteiger partial charge in [-0.1, -0.05) is 36.4 Å². The maximum absolute atomic E-state index is 12.2. The Morgan fingerprint density at radius 2 is 1.88 bits per heavy atom. The van der Waals surface area contributed by atoms with Crippen molar-refractivity contribution in [3.8, 4) is 0 Å². The third-order valence-electron chi connectivity index (χ3n) is 4.40. The highest BCUT2D eigenvalue weighted by Gasteiger charge is 2.37. The van der Waals surface area contributed by atoms with Gasteiger partial charge in [0.1, 0.15) is 5.60 Å². The van der Waals surface area contributed by atoms with Crippen molar-refractivity contribution in [3.05, 3.63) is 65.7 Å². The van der Waals surface area contributed by atoms with Gasteiger partial charge in [-0.3, -0.25) is 9.69 Å². The second-order valence-corrected chi connectivity index (χ2v) is 6.29. The Balaban J connectivity index is 1.59. The molecule has 6 nitrogen and oxygen atoms in total. The van der Waals surface area contributed by atoms with Crippen LogP contribution in [0.5, 0.6) is 0 Å². The van der Waals surface area contributed by atoms with Gasteiger partial charge in [-0.15, -0.1) is 0 Å². The molecule has 0 aliphatic carbocycles. The molecule has 0 saturated carbocycles. The summed E-state index contributed by atoms with van der Waals surface area (Å²) in [6, 6.07) is 15.6. The molecule has 1 aliphatic rings. The first-order valence-electron chi connectivity index (χ1n) is 8.10. The van der Waals surface area contributed by atoms with E-state index < -0.39 is 11.6 Å². The van der Waals surface area contributed by atoms with Crippen molar-refractivity contribution in [3.63, 3.8) is 0 Å². The molecule has 25 heavy (non-hydrogen) atoms. The van der Waals surface area contributed by atoms with Crippen LogP contribution in [0.3, 0.4) is 0 Å². The number of benzene rings is 2. The molecule has 3 N–H and O–H groups in total. The highest BCUT2D eigenvalue weighted by Crippen LogP contribution is 2.31. The lowest BCUT2D eigenvalue weighted by molar-refractivity contribution is -0.117. The van der Waals surface area contributed by atoms with Gasteiger partial charge in [0.15, 0.2) is 0 Å². The largest absolute Gasteiger partial charge is 0.478 e. The molecule has 1 saturated heterocycles. The zero-order chi connectivity index (χ0) is 17.9. The number of carboxylic acid groups (broad SMARTS) is 1. The van der Waals surface area contributed by atoms with Gasteiger partial charge < -0.3 is 15.5 Å². The van der Waals surface area contributed by atoms with Crippen LogP contribution in [0.4, 0.5) is 5.69 Å². The van der Waals surface area contributed by atoms with Crippen LogP contribution < -0.4 is 5.32 Å². The number of carbonyl (C=O) groups excluding carboxylic acids is 1. The number of carbonyl (C=O) groups is 2. The normalized spacial score (nSPS) is 20.4. The maximum atomic E-state index is 12.2. The Bertz CT molecular complexity index is 778. The SMILES string of the molecule is O=C(CN1CCC(O)(c2ccccc2)C1)Nc1cccc(C(=O)O)c1. The van der Waals surface area contributed by atoms with Gasteiger partial charge in [0.05, 0.1) is 12.1 Å². The molecule has 0 bridgehead atoms. The summed E-state index contributed by atoms with van der Waals surface area (Å²) in [6.45, 7) is 1.15. The summed E-state index contributed by atoms with van der Waals surface area (Å²) in [5, 5.41) is 22.5. The summed E-state index contributed by atoms with van der Waals surface area (Å²) in [7, 11) is 0. The molecule has 2 aromatic rings. The number of rotatable bonds is 5. The van der Waals surface area contributed by atoms with Crippen molar-refractivity contribution >= 4 is 17.6 Å².